The molecule has 0 saturated heterocycles. The van der Waals surface area contributed by atoms with Crippen molar-refractivity contribution in [3.05, 3.63) is 11.6 Å². The fourth-order valence-corrected chi connectivity index (χ4v) is 9.03. The molecule has 0 aromatic heterocycles. The van der Waals surface area contributed by atoms with E-state index in [1.165, 1.54) is 51.4 Å². The lowest BCUT2D eigenvalue weighted by molar-refractivity contribution is -0.124. The molecule has 0 spiro atoms. The first-order valence-electron chi connectivity index (χ1n) is 12.5. The van der Waals surface area contributed by atoms with Crippen LogP contribution in [0.2, 0.25) is 0 Å². The van der Waals surface area contributed by atoms with E-state index in [-0.39, 0.29) is 10.2 Å². The average Bonchev–Trinajstić information content (AvgIpc) is 3.00. The SMILES string of the molecule is CC(C)CCC[C@@H](C)[C@H]1CC[C@H]2[C@@H]3CC=C4C[C@H](Br)C(=O)C[C@]4(C)[C@H]3CC[C@]12C. The van der Waals surface area contributed by atoms with Crippen molar-refractivity contribution in [1.82, 2.24) is 0 Å². The lowest BCUT2D eigenvalue weighted by atomic mass is 9.47. The second-order valence-corrected chi connectivity index (χ2v) is 13.2. The van der Waals surface area contributed by atoms with Gasteiger partial charge in [0.15, 0.2) is 0 Å². The molecule has 0 unspecified atom stereocenters. The van der Waals surface area contributed by atoms with Crippen LogP contribution in [0.1, 0.15) is 98.8 Å². The summed E-state index contributed by atoms with van der Waals surface area (Å²) in [4.78, 5) is 12.7. The van der Waals surface area contributed by atoms with Crippen molar-refractivity contribution < 1.29 is 4.79 Å². The quantitative estimate of drug-likeness (QED) is 0.298. The fraction of sp³-hybridized carbons (Fsp3) is 0.889. The third kappa shape index (κ3) is 3.72. The minimum absolute atomic E-state index is 0.0646. The van der Waals surface area contributed by atoms with E-state index in [4.69, 9.17) is 0 Å². The van der Waals surface area contributed by atoms with Gasteiger partial charge in [0.05, 0.1) is 4.83 Å². The van der Waals surface area contributed by atoms with Gasteiger partial charge in [0, 0.05) is 6.42 Å². The first-order chi connectivity index (χ1) is 13.7. The molecule has 2 heteroatoms. The Kier molecular flexibility index (Phi) is 6.17. The average molecular weight is 464 g/mol. The van der Waals surface area contributed by atoms with Crippen LogP contribution >= 0.6 is 15.9 Å². The number of rotatable bonds is 5. The van der Waals surface area contributed by atoms with Gasteiger partial charge in [-0.2, -0.15) is 0 Å². The molecule has 8 atom stereocenters. The molecule has 0 N–H and O–H groups in total. The van der Waals surface area contributed by atoms with Gasteiger partial charge in [-0.15, -0.1) is 0 Å². The van der Waals surface area contributed by atoms with E-state index in [0.29, 0.717) is 11.2 Å². The predicted octanol–water partition coefficient (Wildman–Crippen LogP) is 7.97. The lowest BCUT2D eigenvalue weighted by Gasteiger charge is -2.58. The van der Waals surface area contributed by atoms with Gasteiger partial charge >= 0.3 is 0 Å². The maximum absolute atomic E-state index is 12.6. The van der Waals surface area contributed by atoms with Crippen LogP contribution in [0.3, 0.4) is 0 Å². The van der Waals surface area contributed by atoms with E-state index in [2.05, 4.69) is 56.6 Å². The highest BCUT2D eigenvalue weighted by Crippen LogP contribution is 2.67. The van der Waals surface area contributed by atoms with Crippen LogP contribution in [0.15, 0.2) is 11.6 Å². The zero-order chi connectivity index (χ0) is 21.0. The molecule has 0 radical (unpaired) electrons. The van der Waals surface area contributed by atoms with E-state index in [1.54, 1.807) is 5.57 Å². The molecule has 4 aliphatic carbocycles. The molecule has 1 nitrogen and oxygen atoms in total. The number of halogens is 1. The summed E-state index contributed by atoms with van der Waals surface area (Å²) < 4.78 is 0. The van der Waals surface area contributed by atoms with E-state index in [0.717, 1.165) is 48.3 Å². The van der Waals surface area contributed by atoms with Gasteiger partial charge in [0.1, 0.15) is 5.78 Å². The Hall–Kier alpha value is -0.110. The minimum atomic E-state index is 0.0646. The number of fused-ring (bicyclic) bond motifs is 5. The summed E-state index contributed by atoms with van der Waals surface area (Å²) in [6, 6.07) is 0. The topological polar surface area (TPSA) is 17.1 Å². The number of carbonyl (C=O) groups excluding carboxylic acids is 1. The molecule has 0 amide bonds. The Morgan fingerprint density at radius 1 is 1.10 bits per heavy atom. The van der Waals surface area contributed by atoms with Crippen molar-refractivity contribution >= 4 is 21.7 Å². The molecule has 0 aliphatic heterocycles. The van der Waals surface area contributed by atoms with E-state index >= 15 is 0 Å². The highest BCUT2D eigenvalue weighted by Gasteiger charge is 2.59. The standard InChI is InChI=1S/C27H43BrO/c1-17(2)7-6-8-18(3)21-11-12-22-20-10-9-19-15-24(28)25(29)16-27(19,5)23(20)13-14-26(21,22)4/h9,17-18,20-24H,6-8,10-16H2,1-5H3/t18-,20+,21-,22+,23+,24+,26-,27+/m1/s1. The number of alkyl halides is 1. The number of ketones is 1. The summed E-state index contributed by atoms with van der Waals surface area (Å²) in [5.74, 6) is 5.50. The Morgan fingerprint density at radius 2 is 1.86 bits per heavy atom. The zero-order valence-corrected chi connectivity index (χ0v) is 21.1. The molecular formula is C27H43BrO. The highest BCUT2D eigenvalue weighted by atomic mass is 79.9. The van der Waals surface area contributed by atoms with E-state index < -0.39 is 0 Å². The zero-order valence-electron chi connectivity index (χ0n) is 19.5. The predicted molar refractivity (Wildman–Crippen MR) is 126 cm³/mol. The van der Waals surface area contributed by atoms with Crippen molar-refractivity contribution in [1.29, 1.82) is 0 Å². The molecule has 29 heavy (non-hydrogen) atoms. The maximum atomic E-state index is 12.6. The molecule has 0 aromatic carbocycles. The number of allylic oxidation sites excluding steroid dienone is 2. The monoisotopic (exact) mass is 462 g/mol. The smallest absolute Gasteiger partial charge is 0.147 e. The summed E-state index contributed by atoms with van der Waals surface area (Å²) >= 11 is 3.64. The van der Waals surface area contributed by atoms with Gasteiger partial charge in [0.2, 0.25) is 0 Å². The van der Waals surface area contributed by atoms with Crippen molar-refractivity contribution in [2.45, 2.75) is 104 Å². The molecule has 164 valence electrons. The van der Waals surface area contributed by atoms with Crippen molar-refractivity contribution in [2.24, 2.45) is 46.3 Å². The van der Waals surface area contributed by atoms with Gasteiger partial charge in [-0.1, -0.05) is 81.5 Å². The number of hydrogen-bond acceptors (Lipinski definition) is 1. The molecule has 3 saturated carbocycles. The fourth-order valence-electron chi connectivity index (χ4n) is 8.52. The first kappa shape index (κ1) is 22.1. The normalized spacial score (nSPS) is 45.4. The van der Waals surface area contributed by atoms with E-state index in [1.807, 2.05) is 0 Å². The third-order valence-electron chi connectivity index (χ3n) is 10.1. The largest absolute Gasteiger partial charge is 0.298 e. The van der Waals surface area contributed by atoms with Crippen LogP contribution in [-0.2, 0) is 4.79 Å². The molecule has 0 aromatic rings. The summed E-state index contributed by atoms with van der Waals surface area (Å²) in [5.41, 5.74) is 2.28. The van der Waals surface area contributed by atoms with Crippen LogP contribution in [0.4, 0.5) is 0 Å². The number of hydrogen-bond donors (Lipinski definition) is 0. The Morgan fingerprint density at radius 3 is 2.59 bits per heavy atom. The Balaban J connectivity index is 1.51. The van der Waals surface area contributed by atoms with Crippen molar-refractivity contribution in [3.63, 3.8) is 0 Å². The van der Waals surface area contributed by atoms with Crippen molar-refractivity contribution in [3.8, 4) is 0 Å². The number of carbonyl (C=O) groups is 1. The van der Waals surface area contributed by atoms with Gasteiger partial charge in [0.25, 0.3) is 0 Å². The molecule has 4 aliphatic rings. The van der Waals surface area contributed by atoms with Crippen LogP contribution in [0.25, 0.3) is 0 Å². The lowest BCUT2D eigenvalue weighted by Crippen LogP contribution is -2.52. The third-order valence-corrected chi connectivity index (χ3v) is 11.0. The second kappa shape index (κ2) is 8.10. The minimum Gasteiger partial charge on any atom is -0.298 e. The van der Waals surface area contributed by atoms with Gasteiger partial charge < -0.3 is 0 Å². The van der Waals surface area contributed by atoms with Gasteiger partial charge in [-0.3, -0.25) is 4.79 Å². The number of Topliss-reactive ketones (excluding diaryl/α,β-unsaturated/α-hetero) is 1. The second-order valence-electron chi connectivity index (χ2n) is 12.1. The van der Waals surface area contributed by atoms with Crippen LogP contribution < -0.4 is 0 Å². The van der Waals surface area contributed by atoms with Crippen LogP contribution in [-0.4, -0.2) is 10.6 Å². The summed E-state index contributed by atoms with van der Waals surface area (Å²) in [6.07, 6.45) is 15.4. The molecule has 0 heterocycles. The molecule has 0 bridgehead atoms. The van der Waals surface area contributed by atoms with Gasteiger partial charge in [-0.25, -0.2) is 0 Å². The Bertz CT molecular complexity index is 665. The van der Waals surface area contributed by atoms with Crippen molar-refractivity contribution in [2.75, 3.05) is 0 Å². The maximum Gasteiger partial charge on any atom is 0.147 e. The summed E-state index contributed by atoms with van der Waals surface area (Å²) in [6.45, 7) is 12.4. The molecule has 3 fully saturated rings. The van der Waals surface area contributed by atoms with Crippen LogP contribution in [0.5, 0.6) is 0 Å². The highest BCUT2D eigenvalue weighted by molar-refractivity contribution is 9.10. The summed E-state index contributed by atoms with van der Waals surface area (Å²) in [5, 5.41) is 0. The van der Waals surface area contributed by atoms with Gasteiger partial charge in [-0.05, 0) is 84.9 Å². The van der Waals surface area contributed by atoms with Crippen LogP contribution in [0, 0.1) is 46.3 Å². The van der Waals surface area contributed by atoms with E-state index in [9.17, 15) is 4.79 Å². The molecule has 4 rings (SSSR count). The molecular weight excluding hydrogens is 420 g/mol. The summed E-state index contributed by atoms with van der Waals surface area (Å²) in [7, 11) is 0. The first-order valence-corrected chi connectivity index (χ1v) is 13.4. The Labute approximate surface area is 188 Å².